The van der Waals surface area contributed by atoms with E-state index in [1.54, 1.807) is 13.0 Å². The van der Waals surface area contributed by atoms with Crippen LogP contribution in [0.5, 0.6) is 0 Å². The molecule has 3 rings (SSSR count). The van der Waals surface area contributed by atoms with E-state index < -0.39 is 17.2 Å². The van der Waals surface area contributed by atoms with Crippen LogP contribution in [0.4, 0.5) is 5.82 Å². The van der Waals surface area contributed by atoms with Crippen molar-refractivity contribution in [2.75, 3.05) is 5.32 Å². The van der Waals surface area contributed by atoms with Crippen LogP contribution in [0.1, 0.15) is 20.9 Å². The zero-order valence-electron chi connectivity index (χ0n) is 11.9. The molecule has 0 unspecified atom stereocenters. The predicted octanol–water partition coefficient (Wildman–Crippen LogP) is 0.590. The molecule has 3 aromatic rings. The van der Waals surface area contributed by atoms with E-state index in [0.29, 0.717) is 5.69 Å². The Morgan fingerprint density at radius 1 is 1.43 bits per heavy atom. The minimum absolute atomic E-state index is 0.0947. The molecule has 118 valence electrons. The number of amides is 1. The fourth-order valence-corrected chi connectivity index (χ4v) is 2.59. The average Bonchev–Trinajstić information content (AvgIpc) is 3.16. The number of aromatic nitrogens is 4. The van der Waals surface area contributed by atoms with Crippen LogP contribution in [0.3, 0.4) is 0 Å². The van der Waals surface area contributed by atoms with Gasteiger partial charge in [-0.1, -0.05) is 11.2 Å². The maximum atomic E-state index is 12.4. The molecule has 0 radical (unpaired) electrons. The molecule has 0 aliphatic rings. The number of aryl methyl sites for hydroxylation is 1. The van der Waals surface area contributed by atoms with Gasteiger partial charge in [0.15, 0.2) is 0 Å². The van der Waals surface area contributed by atoms with Crippen molar-refractivity contribution >= 4 is 23.1 Å². The lowest BCUT2D eigenvalue weighted by Crippen LogP contribution is -2.39. The summed E-state index contributed by atoms with van der Waals surface area (Å²) in [7, 11) is 0. The van der Waals surface area contributed by atoms with Gasteiger partial charge >= 0.3 is 5.69 Å². The highest BCUT2D eigenvalue weighted by atomic mass is 32.1. The maximum Gasteiger partial charge on any atom is 0.328 e. The van der Waals surface area contributed by atoms with Crippen LogP contribution in [-0.2, 0) is 6.54 Å². The zero-order valence-corrected chi connectivity index (χ0v) is 12.7. The monoisotopic (exact) mass is 333 g/mol. The molecule has 3 aromatic heterocycles. The molecule has 23 heavy (non-hydrogen) atoms. The van der Waals surface area contributed by atoms with Crippen molar-refractivity contribution in [3.05, 3.63) is 60.7 Å². The number of thiophene rings is 1. The molecule has 0 bridgehead atoms. The van der Waals surface area contributed by atoms with E-state index in [1.165, 1.54) is 11.3 Å². The summed E-state index contributed by atoms with van der Waals surface area (Å²) in [6, 6.07) is 3.61. The third kappa shape index (κ3) is 2.97. The van der Waals surface area contributed by atoms with Gasteiger partial charge in [0.25, 0.3) is 11.5 Å². The van der Waals surface area contributed by atoms with Crippen molar-refractivity contribution in [1.29, 1.82) is 0 Å². The van der Waals surface area contributed by atoms with Gasteiger partial charge in [-0.25, -0.2) is 9.42 Å². The first-order chi connectivity index (χ1) is 11.1. The predicted molar refractivity (Wildman–Crippen MR) is 81.7 cm³/mol. The second-order valence-electron chi connectivity index (χ2n) is 4.63. The lowest BCUT2D eigenvalue weighted by atomic mass is 10.3. The van der Waals surface area contributed by atoms with Gasteiger partial charge in [0.1, 0.15) is 11.3 Å². The van der Waals surface area contributed by atoms with E-state index >= 15 is 0 Å². The second-order valence-corrected chi connectivity index (χ2v) is 5.66. The number of carbonyl (C=O) groups excluding carboxylic acids is 1. The van der Waals surface area contributed by atoms with Crippen LogP contribution in [0.15, 0.2) is 37.9 Å². The van der Waals surface area contributed by atoms with Crippen LogP contribution in [-0.4, -0.2) is 25.8 Å². The summed E-state index contributed by atoms with van der Waals surface area (Å²) in [4.78, 5) is 39.7. The van der Waals surface area contributed by atoms with Crippen LogP contribution < -0.4 is 16.6 Å². The molecular formula is C13H11N5O4S. The number of rotatable bonds is 4. The van der Waals surface area contributed by atoms with E-state index in [0.717, 1.165) is 15.6 Å². The Bertz CT molecular complexity index is 953. The summed E-state index contributed by atoms with van der Waals surface area (Å²) in [5.41, 5.74) is -1.10. The number of H-pyrrole nitrogens is 1. The van der Waals surface area contributed by atoms with E-state index in [9.17, 15) is 14.4 Å². The van der Waals surface area contributed by atoms with Gasteiger partial charge in [-0.05, 0) is 23.5 Å². The molecule has 0 aliphatic heterocycles. The summed E-state index contributed by atoms with van der Waals surface area (Å²) < 4.78 is 5.44. The first-order valence-electron chi connectivity index (χ1n) is 6.51. The van der Waals surface area contributed by atoms with Crippen molar-refractivity contribution in [2.24, 2.45) is 0 Å². The van der Waals surface area contributed by atoms with Crippen LogP contribution in [0.25, 0.3) is 0 Å². The molecule has 0 aromatic carbocycles. The molecule has 3 heterocycles. The molecule has 1 amide bonds. The molecule has 0 aliphatic carbocycles. The Balaban J connectivity index is 1.94. The molecule has 10 heteroatoms. The molecule has 9 nitrogen and oxygen atoms in total. The Kier molecular flexibility index (Phi) is 3.89. The Morgan fingerprint density at radius 3 is 2.91 bits per heavy atom. The number of anilines is 1. The second kappa shape index (κ2) is 6.01. The molecule has 0 atom stereocenters. The van der Waals surface area contributed by atoms with Crippen molar-refractivity contribution in [2.45, 2.75) is 13.5 Å². The quantitative estimate of drug-likeness (QED) is 0.720. The third-order valence-electron chi connectivity index (χ3n) is 3.08. The summed E-state index contributed by atoms with van der Waals surface area (Å²) in [5.74, 6) is -0.588. The first-order valence-corrected chi connectivity index (χ1v) is 7.39. The Morgan fingerprint density at radius 2 is 2.26 bits per heavy atom. The van der Waals surface area contributed by atoms with Gasteiger partial charge < -0.3 is 10.3 Å². The summed E-state index contributed by atoms with van der Waals surface area (Å²) in [6.07, 6.45) is 1.08. The highest BCUT2D eigenvalue weighted by Crippen LogP contribution is 2.09. The highest BCUT2D eigenvalue weighted by molar-refractivity contribution is 7.09. The molecule has 0 spiro atoms. The molecule has 0 saturated heterocycles. The molecule has 0 saturated carbocycles. The number of hydrogen-bond acceptors (Lipinski definition) is 7. The summed E-state index contributed by atoms with van der Waals surface area (Å²) in [5, 5.41) is 11.3. The Labute approximate surface area is 132 Å². The van der Waals surface area contributed by atoms with Gasteiger partial charge in [-0.3, -0.25) is 14.2 Å². The number of hydrogen-bond donors (Lipinski definition) is 2. The largest absolute Gasteiger partial charge is 0.328 e. The van der Waals surface area contributed by atoms with Crippen molar-refractivity contribution in [3.8, 4) is 0 Å². The summed E-state index contributed by atoms with van der Waals surface area (Å²) >= 11 is 1.41. The number of nitrogens with zero attached hydrogens (tertiary/aromatic N) is 3. The Hall–Kier alpha value is -3.01. The standard InChI is InChI=1S/C13H11N5O4S/c1-7-10(17-22-16-7)15-11(19)9-5-14-13(21)18(12(9)20)6-8-3-2-4-23-8/h2-5H,6H2,1H3,(H,14,21)(H,15,17,19). The van der Waals surface area contributed by atoms with Crippen molar-refractivity contribution in [1.82, 2.24) is 19.9 Å². The lowest BCUT2D eigenvalue weighted by molar-refractivity contribution is 0.102. The minimum Gasteiger partial charge on any atom is -0.313 e. The van der Waals surface area contributed by atoms with E-state index in [2.05, 4.69) is 25.2 Å². The van der Waals surface area contributed by atoms with Gasteiger partial charge in [0, 0.05) is 11.1 Å². The maximum absolute atomic E-state index is 12.4. The van der Waals surface area contributed by atoms with Gasteiger partial charge in [-0.15, -0.1) is 11.3 Å². The topological polar surface area (TPSA) is 123 Å². The average molecular weight is 333 g/mol. The van der Waals surface area contributed by atoms with E-state index in [1.807, 2.05) is 11.4 Å². The van der Waals surface area contributed by atoms with Crippen molar-refractivity contribution in [3.63, 3.8) is 0 Å². The molecule has 2 N–H and O–H groups in total. The number of nitrogens with one attached hydrogen (secondary N) is 2. The van der Waals surface area contributed by atoms with Crippen molar-refractivity contribution < 1.29 is 9.42 Å². The van der Waals surface area contributed by atoms with Gasteiger partial charge in [0.2, 0.25) is 5.82 Å². The van der Waals surface area contributed by atoms with E-state index in [-0.39, 0.29) is 17.9 Å². The van der Waals surface area contributed by atoms with Gasteiger partial charge in [-0.2, -0.15) is 0 Å². The van der Waals surface area contributed by atoms with E-state index in [4.69, 9.17) is 0 Å². The highest BCUT2D eigenvalue weighted by Gasteiger charge is 2.17. The number of aromatic amines is 1. The minimum atomic E-state index is -0.704. The smallest absolute Gasteiger partial charge is 0.313 e. The lowest BCUT2D eigenvalue weighted by Gasteiger charge is -2.06. The van der Waals surface area contributed by atoms with Crippen LogP contribution in [0, 0.1) is 6.92 Å². The first kappa shape index (κ1) is 14.9. The normalized spacial score (nSPS) is 10.7. The number of carbonyl (C=O) groups is 1. The van der Waals surface area contributed by atoms with Gasteiger partial charge in [0.05, 0.1) is 6.54 Å². The molecular weight excluding hydrogens is 322 g/mol. The SMILES string of the molecule is Cc1nonc1NC(=O)c1c[nH]c(=O)n(Cc2cccs2)c1=O. The van der Waals surface area contributed by atoms with Crippen LogP contribution >= 0.6 is 11.3 Å². The zero-order chi connectivity index (χ0) is 16.4. The fourth-order valence-electron chi connectivity index (χ4n) is 1.90. The molecule has 0 fully saturated rings. The third-order valence-corrected chi connectivity index (χ3v) is 3.95. The van der Waals surface area contributed by atoms with Crippen LogP contribution in [0.2, 0.25) is 0 Å². The fraction of sp³-hybridized carbons (Fsp3) is 0.154. The summed E-state index contributed by atoms with van der Waals surface area (Å²) in [6.45, 7) is 1.69.